The van der Waals surface area contributed by atoms with Gasteiger partial charge in [0, 0.05) is 13.0 Å². The molecule has 0 spiro atoms. The molecule has 4 N–H and O–H groups in total. The second kappa shape index (κ2) is 52.3. The first-order valence-electron chi connectivity index (χ1n) is 30.1. The molecule has 0 aliphatic carbocycles. The van der Waals surface area contributed by atoms with E-state index in [2.05, 4.69) is 50.3 Å². The highest BCUT2D eigenvalue weighted by Gasteiger charge is 2.44. The zero-order valence-electron chi connectivity index (χ0n) is 45.8. The highest BCUT2D eigenvalue weighted by molar-refractivity contribution is 5.69. The van der Waals surface area contributed by atoms with Crippen LogP contribution in [0.15, 0.2) is 36.5 Å². The van der Waals surface area contributed by atoms with Gasteiger partial charge < -0.3 is 39.4 Å². The van der Waals surface area contributed by atoms with Crippen molar-refractivity contribution in [3.63, 3.8) is 0 Å². The molecular weight excluding hydrogens is 877 g/mol. The van der Waals surface area contributed by atoms with E-state index in [-0.39, 0.29) is 19.2 Å². The monoisotopic (exact) mass is 991 g/mol. The van der Waals surface area contributed by atoms with E-state index in [0.29, 0.717) is 13.0 Å². The molecule has 0 aromatic carbocycles. The van der Waals surface area contributed by atoms with Crippen LogP contribution in [0.3, 0.4) is 0 Å². The second-order valence-corrected chi connectivity index (χ2v) is 20.8. The van der Waals surface area contributed by atoms with Crippen molar-refractivity contribution >= 4 is 5.97 Å². The van der Waals surface area contributed by atoms with Crippen LogP contribution in [0.25, 0.3) is 0 Å². The third-order valence-corrected chi connectivity index (χ3v) is 14.0. The number of esters is 1. The summed E-state index contributed by atoms with van der Waals surface area (Å²) >= 11 is 0. The van der Waals surface area contributed by atoms with Crippen LogP contribution >= 0.6 is 0 Å². The Morgan fingerprint density at radius 3 is 1.24 bits per heavy atom. The predicted octanol–water partition coefficient (Wildman–Crippen LogP) is 15.8. The average molecular weight is 992 g/mol. The summed E-state index contributed by atoms with van der Waals surface area (Å²) in [5.41, 5.74) is 0. The van der Waals surface area contributed by atoms with Crippen molar-refractivity contribution in [1.29, 1.82) is 0 Å². The Bertz CT molecular complexity index is 1170. The van der Waals surface area contributed by atoms with Crippen molar-refractivity contribution in [3.05, 3.63) is 36.5 Å². The first-order valence-corrected chi connectivity index (χ1v) is 30.1. The van der Waals surface area contributed by atoms with Gasteiger partial charge in [-0.25, -0.2) is 0 Å². The molecule has 6 atom stereocenters. The average Bonchev–Trinajstić information content (AvgIpc) is 3.36. The smallest absolute Gasteiger partial charge is 0.306 e. The molecule has 1 aliphatic rings. The molecule has 1 fully saturated rings. The summed E-state index contributed by atoms with van der Waals surface area (Å²) in [5.74, 6) is -0.310. The first-order chi connectivity index (χ1) is 34.4. The van der Waals surface area contributed by atoms with E-state index in [1.54, 1.807) is 0 Å². The van der Waals surface area contributed by atoms with Gasteiger partial charge in [0.25, 0.3) is 0 Å². The van der Waals surface area contributed by atoms with Crippen LogP contribution in [0.1, 0.15) is 284 Å². The van der Waals surface area contributed by atoms with Gasteiger partial charge in [0.05, 0.1) is 19.8 Å². The Kier molecular flexibility index (Phi) is 49.6. The number of carbonyl (C=O) groups is 1. The van der Waals surface area contributed by atoms with Crippen LogP contribution in [-0.2, 0) is 23.7 Å². The van der Waals surface area contributed by atoms with Crippen LogP contribution in [-0.4, -0.2) is 89.6 Å². The summed E-state index contributed by atoms with van der Waals surface area (Å²) in [5, 5.41) is 40.4. The first kappa shape index (κ1) is 66.4. The molecular formula is C61H114O9. The fourth-order valence-corrected chi connectivity index (χ4v) is 9.34. The van der Waals surface area contributed by atoms with Crippen molar-refractivity contribution in [2.45, 2.75) is 320 Å². The lowest BCUT2D eigenvalue weighted by atomic mass is 9.99. The van der Waals surface area contributed by atoms with Crippen molar-refractivity contribution in [1.82, 2.24) is 0 Å². The number of rotatable bonds is 53. The molecule has 412 valence electrons. The van der Waals surface area contributed by atoms with Crippen LogP contribution < -0.4 is 0 Å². The van der Waals surface area contributed by atoms with Crippen LogP contribution in [0.4, 0.5) is 0 Å². The van der Waals surface area contributed by atoms with Crippen molar-refractivity contribution in [3.8, 4) is 0 Å². The Hall–Kier alpha value is -1.59. The molecule has 70 heavy (non-hydrogen) atoms. The van der Waals surface area contributed by atoms with Crippen molar-refractivity contribution < 1.29 is 44.2 Å². The van der Waals surface area contributed by atoms with E-state index < -0.39 is 43.4 Å². The van der Waals surface area contributed by atoms with Gasteiger partial charge in [-0.3, -0.25) is 4.79 Å². The number of carbonyl (C=O) groups excluding carboxylic acids is 1. The third kappa shape index (κ3) is 41.8. The Labute approximate surface area is 431 Å². The summed E-state index contributed by atoms with van der Waals surface area (Å²) in [6.45, 7) is 4.60. The van der Waals surface area contributed by atoms with Gasteiger partial charge in [0.1, 0.15) is 30.5 Å². The Balaban J connectivity index is 2.13. The standard InChI is InChI=1S/C61H114O9/c1-3-5-7-9-11-13-15-17-19-21-23-25-27-29-31-33-35-37-39-41-43-45-47-49-51-67-53-55(54-68-61-60(66)59(65)58(64)56(52-62)70-61)69-57(63)50-48-46-44-42-40-38-36-34-32-30-28-26-24-22-20-18-16-14-12-10-8-6-4-2/h15,17,21-24,55-56,58-62,64-66H,3-14,16,18-20,25-54H2,1-2H3/b17-15-,23-21-,24-22-. The lowest BCUT2D eigenvalue weighted by Gasteiger charge is -2.39. The maximum Gasteiger partial charge on any atom is 0.306 e. The van der Waals surface area contributed by atoms with E-state index in [1.165, 1.54) is 225 Å². The molecule has 6 unspecified atom stereocenters. The minimum Gasteiger partial charge on any atom is -0.457 e. The summed E-state index contributed by atoms with van der Waals surface area (Å²) in [7, 11) is 0. The lowest BCUT2D eigenvalue weighted by Crippen LogP contribution is -2.59. The molecule has 0 saturated carbocycles. The number of hydrogen-bond donors (Lipinski definition) is 4. The number of ether oxygens (including phenoxy) is 4. The summed E-state index contributed by atoms with van der Waals surface area (Å²) < 4.78 is 23.0. The van der Waals surface area contributed by atoms with Crippen molar-refractivity contribution in [2.24, 2.45) is 0 Å². The normalized spacial score (nSPS) is 19.1. The topological polar surface area (TPSA) is 135 Å². The quantitative estimate of drug-likeness (QED) is 0.0267. The van der Waals surface area contributed by atoms with Gasteiger partial charge in [0.2, 0.25) is 0 Å². The lowest BCUT2D eigenvalue weighted by molar-refractivity contribution is -0.305. The Morgan fingerprint density at radius 1 is 0.457 bits per heavy atom. The molecule has 0 radical (unpaired) electrons. The van der Waals surface area contributed by atoms with Gasteiger partial charge in [-0.05, 0) is 70.6 Å². The molecule has 0 bridgehead atoms. The highest BCUT2D eigenvalue weighted by Crippen LogP contribution is 2.23. The molecule has 0 aromatic rings. The number of aliphatic hydroxyl groups is 4. The zero-order valence-corrected chi connectivity index (χ0v) is 45.8. The zero-order chi connectivity index (χ0) is 50.6. The van der Waals surface area contributed by atoms with E-state index in [9.17, 15) is 25.2 Å². The maximum absolute atomic E-state index is 12.9. The molecule has 0 amide bonds. The molecule has 1 rings (SSSR count). The van der Waals surface area contributed by atoms with Gasteiger partial charge in [-0.1, -0.05) is 243 Å². The van der Waals surface area contributed by atoms with Crippen LogP contribution in [0.2, 0.25) is 0 Å². The molecule has 9 heteroatoms. The fraction of sp³-hybridized carbons (Fsp3) is 0.885. The number of unbranched alkanes of at least 4 members (excludes halogenated alkanes) is 36. The van der Waals surface area contributed by atoms with Gasteiger partial charge in [0.15, 0.2) is 6.29 Å². The Morgan fingerprint density at radius 2 is 0.829 bits per heavy atom. The SMILES string of the molecule is CCCCCCC/C=C\C/C=C\CCCCCCCCCCCCCCOCC(COC1OC(CO)C(O)C(O)C1O)OC(=O)CCCCCCCCCCCCC/C=C\CCCCCCCCCC. The molecule has 0 aromatic heterocycles. The van der Waals surface area contributed by atoms with E-state index >= 15 is 0 Å². The van der Waals surface area contributed by atoms with Gasteiger partial charge in [-0.2, -0.15) is 0 Å². The maximum atomic E-state index is 12.9. The minimum atomic E-state index is -1.54. The van der Waals surface area contributed by atoms with Crippen LogP contribution in [0.5, 0.6) is 0 Å². The van der Waals surface area contributed by atoms with Crippen LogP contribution in [0, 0.1) is 0 Å². The second-order valence-electron chi connectivity index (χ2n) is 20.8. The molecule has 9 nitrogen and oxygen atoms in total. The number of aliphatic hydroxyl groups excluding tert-OH is 4. The molecule has 1 heterocycles. The molecule has 1 aliphatic heterocycles. The van der Waals surface area contributed by atoms with E-state index in [0.717, 1.165) is 38.5 Å². The predicted molar refractivity (Wildman–Crippen MR) is 293 cm³/mol. The van der Waals surface area contributed by atoms with Gasteiger partial charge in [-0.15, -0.1) is 0 Å². The summed E-state index contributed by atoms with van der Waals surface area (Å²) in [6, 6.07) is 0. The highest BCUT2D eigenvalue weighted by atomic mass is 16.7. The third-order valence-electron chi connectivity index (χ3n) is 14.0. The minimum absolute atomic E-state index is 0.111. The fourth-order valence-electron chi connectivity index (χ4n) is 9.34. The van der Waals surface area contributed by atoms with Gasteiger partial charge >= 0.3 is 5.97 Å². The summed E-state index contributed by atoms with van der Waals surface area (Å²) in [4.78, 5) is 12.9. The van der Waals surface area contributed by atoms with E-state index in [1.807, 2.05) is 0 Å². The van der Waals surface area contributed by atoms with E-state index in [4.69, 9.17) is 18.9 Å². The number of allylic oxidation sites excluding steroid dienone is 6. The van der Waals surface area contributed by atoms with Crippen molar-refractivity contribution in [2.75, 3.05) is 26.4 Å². The number of hydrogen-bond acceptors (Lipinski definition) is 9. The summed E-state index contributed by atoms with van der Waals surface area (Å²) in [6.07, 6.45) is 59.1. The largest absolute Gasteiger partial charge is 0.457 e. The molecule has 1 saturated heterocycles.